The Hall–Kier alpha value is -6.64. The topological polar surface area (TPSA) is 164 Å². The molecule has 0 spiro atoms. The van der Waals surface area contributed by atoms with Gasteiger partial charge in [0.1, 0.15) is 74.1 Å². The zero-order valence-corrected chi connectivity index (χ0v) is 37.7. The molecule has 0 atom stereocenters. The third-order valence-corrected chi connectivity index (χ3v) is 12.3. The van der Waals surface area contributed by atoms with Crippen LogP contribution in [0.15, 0.2) is 109 Å². The van der Waals surface area contributed by atoms with Gasteiger partial charge in [0.15, 0.2) is 0 Å². The highest BCUT2D eigenvalue weighted by atomic mass is 16.5. The van der Waals surface area contributed by atoms with Gasteiger partial charge in [-0.2, -0.15) is 0 Å². The van der Waals surface area contributed by atoms with Gasteiger partial charge in [-0.25, -0.2) is 0 Å². The molecule has 0 aromatic heterocycles. The minimum atomic E-state index is -0.268. The molecule has 6 aromatic carbocycles. The van der Waals surface area contributed by atoms with Crippen LogP contribution in [0.5, 0.6) is 51.7 Å². The fourth-order valence-corrected chi connectivity index (χ4v) is 8.66. The van der Waals surface area contributed by atoms with Crippen molar-refractivity contribution >= 4 is 0 Å². The summed E-state index contributed by atoms with van der Waals surface area (Å²) in [6, 6.07) is 34.2. The van der Waals surface area contributed by atoms with Gasteiger partial charge in [0, 0.05) is 58.9 Å². The summed E-state index contributed by atoms with van der Waals surface area (Å²) in [6.07, 6.45) is 1.08. The maximum Gasteiger partial charge on any atom is 0.122 e. The van der Waals surface area contributed by atoms with E-state index in [0.29, 0.717) is 36.5 Å². The number of hydrogen-bond donors (Lipinski definition) is 3. The lowest BCUT2D eigenvalue weighted by Gasteiger charge is -2.23. The van der Waals surface area contributed by atoms with Gasteiger partial charge in [0.2, 0.25) is 0 Å². The number of rotatable bonds is 0. The fraction of sp³-hybridized carbons (Fsp3) is 0.333. The van der Waals surface area contributed by atoms with Gasteiger partial charge in [-0.3, -0.25) is 4.90 Å². The summed E-state index contributed by atoms with van der Waals surface area (Å²) in [5, 5.41) is 51.8. The molecule has 13 nitrogen and oxygen atoms in total. The smallest absolute Gasteiger partial charge is 0.122 e. The van der Waals surface area contributed by atoms with E-state index in [9.17, 15) is 15.3 Å². The lowest BCUT2D eigenvalue weighted by atomic mass is 9.94. The Kier molecular flexibility index (Phi) is 15.1. The van der Waals surface area contributed by atoms with Crippen LogP contribution in [0.1, 0.15) is 50.1 Å². The van der Waals surface area contributed by atoms with E-state index in [2.05, 4.69) is 57.2 Å². The molecule has 13 aliphatic rings. The molecule has 1 aliphatic carbocycles. The highest BCUT2D eigenvalue weighted by molar-refractivity contribution is 5.57. The molecule has 0 fully saturated rings. The van der Waals surface area contributed by atoms with Crippen LogP contribution in [0.3, 0.4) is 0 Å². The van der Waals surface area contributed by atoms with Crippen LogP contribution in [0.2, 0.25) is 0 Å². The second-order valence-electron chi connectivity index (χ2n) is 17.1. The van der Waals surface area contributed by atoms with E-state index < -0.39 is 0 Å². The molecule has 0 saturated carbocycles. The summed E-state index contributed by atoms with van der Waals surface area (Å²) in [7, 11) is 0. The maximum atomic E-state index is 13.7. The first-order chi connectivity index (χ1) is 32.9. The summed E-state index contributed by atoms with van der Waals surface area (Å²) >= 11 is 0. The zero-order chi connectivity index (χ0) is 45.8. The molecule has 13 heteroatoms. The summed E-state index contributed by atoms with van der Waals surface area (Å²) in [4.78, 5) is 2.46. The van der Waals surface area contributed by atoms with Gasteiger partial charge < -0.3 is 59.7 Å². The van der Waals surface area contributed by atoms with Crippen molar-refractivity contribution in [2.45, 2.75) is 38.9 Å². The Labute approximate surface area is 392 Å². The lowest BCUT2D eigenvalue weighted by Crippen LogP contribution is -2.40. The van der Waals surface area contributed by atoms with Crippen LogP contribution in [0.4, 0.5) is 0 Å². The van der Waals surface area contributed by atoms with Crippen molar-refractivity contribution in [1.29, 1.82) is 0 Å². The standard InChI is InChI=1S/C54H60N4O9/c59-49-28-40-26-44-32-53-51(61)30-42(44)27-45-33-54-50(60)29-41(45)25-43(40)31-52(49)65-22-19-62-46-7-1-37(2-8-46)34-55-13-16-58(17-14-56-35-38-3-9-47(10-4-38)63-20-23-66-53)18-15-57-36-39-5-11-48(12-6-39)64-21-24-67-54/h1-12,28-33,55-57,59-61H,13-27,34-36H2/p-3. The molecule has 19 rings (SSSR count). The predicted molar refractivity (Wildman–Crippen MR) is 250 cm³/mol. The molecule has 0 amide bonds. The lowest BCUT2D eigenvalue weighted by molar-refractivity contribution is -0.271. The van der Waals surface area contributed by atoms with E-state index in [-0.39, 0.29) is 74.1 Å². The number of fused-ring (bicyclic) bond motifs is 1. The van der Waals surface area contributed by atoms with Crippen LogP contribution in [0.25, 0.3) is 0 Å². The summed E-state index contributed by atoms with van der Waals surface area (Å²) in [5.74, 6) is 1.92. The molecular weight excluding hydrogens is 849 g/mol. The Morgan fingerprint density at radius 3 is 0.910 bits per heavy atom. The van der Waals surface area contributed by atoms with Gasteiger partial charge in [-0.05, 0) is 124 Å². The van der Waals surface area contributed by atoms with Gasteiger partial charge in [0.25, 0.3) is 0 Å². The number of hydrogen-bond acceptors (Lipinski definition) is 13. The Morgan fingerprint density at radius 1 is 0.343 bits per heavy atom. The Balaban J connectivity index is 1.04. The van der Waals surface area contributed by atoms with E-state index in [0.717, 1.165) is 109 Å². The summed E-state index contributed by atoms with van der Waals surface area (Å²) in [6.45, 7) is 8.49. The molecule has 12 heterocycles. The molecule has 16 bridgehead atoms. The van der Waals surface area contributed by atoms with Crippen molar-refractivity contribution in [3.8, 4) is 51.7 Å². The third-order valence-electron chi connectivity index (χ3n) is 12.3. The maximum absolute atomic E-state index is 13.7. The Morgan fingerprint density at radius 2 is 0.612 bits per heavy atom. The monoisotopic (exact) mass is 905 g/mol. The molecular formula is C54H57N4O9-3. The predicted octanol–water partition coefficient (Wildman–Crippen LogP) is 4.96. The van der Waals surface area contributed by atoms with Crippen LogP contribution < -0.4 is 59.7 Å². The normalized spacial score (nSPS) is 16.8. The molecule has 67 heavy (non-hydrogen) atoms. The molecule has 0 saturated heterocycles. The minimum absolute atomic E-state index is 0.153. The van der Waals surface area contributed by atoms with Crippen LogP contribution in [0, 0.1) is 0 Å². The molecule has 350 valence electrons. The summed E-state index contributed by atoms with van der Waals surface area (Å²) in [5.41, 5.74) is 8.24. The van der Waals surface area contributed by atoms with Gasteiger partial charge in [-0.1, -0.05) is 71.8 Å². The van der Waals surface area contributed by atoms with Crippen molar-refractivity contribution in [2.24, 2.45) is 0 Å². The number of nitrogens with one attached hydrogen (secondary N) is 3. The molecule has 0 unspecified atom stereocenters. The van der Waals surface area contributed by atoms with E-state index in [1.165, 1.54) is 0 Å². The van der Waals surface area contributed by atoms with Crippen molar-refractivity contribution in [2.75, 3.05) is 78.9 Å². The fourth-order valence-electron chi connectivity index (χ4n) is 8.66. The van der Waals surface area contributed by atoms with Crippen LogP contribution in [-0.4, -0.2) is 83.8 Å². The first-order valence-corrected chi connectivity index (χ1v) is 23.2. The molecule has 0 radical (unpaired) electrons. The highest BCUT2D eigenvalue weighted by Crippen LogP contribution is 2.39. The second-order valence-corrected chi connectivity index (χ2v) is 17.1. The van der Waals surface area contributed by atoms with Crippen molar-refractivity contribution in [3.63, 3.8) is 0 Å². The first kappa shape index (κ1) is 45.5. The number of benzene rings is 6. The number of nitrogens with zero attached hydrogens (tertiary/aromatic N) is 1. The van der Waals surface area contributed by atoms with Crippen LogP contribution >= 0.6 is 0 Å². The van der Waals surface area contributed by atoms with Crippen molar-refractivity contribution < 1.29 is 43.7 Å². The SMILES string of the molecule is [O-]c1cc2c3cc1OCCOc1ccc(cc1)CNCCN1CCNCc4ccc(cc4)OCCOc4cc(c(cc4[O-])C3)Cc3cc([O-])c(cc3C2)OCCOc2ccc(cc2)CNCC1. The van der Waals surface area contributed by atoms with Crippen LogP contribution in [-0.2, 0) is 38.9 Å². The summed E-state index contributed by atoms with van der Waals surface area (Å²) < 4.78 is 36.3. The highest BCUT2D eigenvalue weighted by Gasteiger charge is 2.19. The quantitative estimate of drug-likeness (QED) is 0.187. The van der Waals surface area contributed by atoms with Gasteiger partial charge in [-0.15, -0.1) is 0 Å². The first-order valence-electron chi connectivity index (χ1n) is 23.2. The number of ether oxygens (including phenoxy) is 6. The van der Waals surface area contributed by atoms with Crippen molar-refractivity contribution in [1.82, 2.24) is 20.9 Å². The van der Waals surface area contributed by atoms with E-state index in [4.69, 9.17) is 28.4 Å². The average Bonchev–Trinajstić information content (AvgIpc) is 3.38. The van der Waals surface area contributed by atoms with Gasteiger partial charge >= 0.3 is 0 Å². The van der Waals surface area contributed by atoms with Crippen molar-refractivity contribution in [3.05, 3.63) is 159 Å². The van der Waals surface area contributed by atoms with E-state index >= 15 is 0 Å². The largest absolute Gasteiger partial charge is 0.870 e. The average molecular weight is 906 g/mol. The molecule has 3 N–H and O–H groups in total. The molecule has 12 aliphatic heterocycles. The van der Waals surface area contributed by atoms with E-state index in [1.54, 1.807) is 36.4 Å². The van der Waals surface area contributed by atoms with Gasteiger partial charge in [0.05, 0.1) is 0 Å². The minimum Gasteiger partial charge on any atom is -0.870 e. The zero-order valence-electron chi connectivity index (χ0n) is 37.7. The Bertz CT molecular complexity index is 2290. The third kappa shape index (κ3) is 12.4. The molecule has 6 aromatic rings. The van der Waals surface area contributed by atoms with E-state index in [1.807, 2.05) is 36.4 Å². The second kappa shape index (κ2) is 22.2.